The van der Waals surface area contributed by atoms with Gasteiger partial charge in [0, 0.05) is 12.6 Å². The number of hydrogen-bond acceptors (Lipinski definition) is 5. The van der Waals surface area contributed by atoms with Crippen molar-refractivity contribution in [2.24, 2.45) is 0 Å². The molecule has 1 N–H and O–H groups in total. The predicted molar refractivity (Wildman–Crippen MR) is 77.0 cm³/mol. The summed E-state index contributed by atoms with van der Waals surface area (Å²) in [6, 6.07) is 0.745. The first-order valence-corrected chi connectivity index (χ1v) is 7.95. The van der Waals surface area contributed by atoms with Crippen LogP contribution in [-0.2, 0) is 6.54 Å². The topological polar surface area (TPSA) is 41.1 Å². The lowest BCUT2D eigenvalue weighted by Crippen LogP contribution is -2.38. The van der Waals surface area contributed by atoms with E-state index in [0.717, 1.165) is 35.7 Å². The van der Waals surface area contributed by atoms with Gasteiger partial charge in [-0.05, 0) is 32.2 Å². The Kier molecular flexibility index (Phi) is 5.38. The Morgan fingerprint density at radius 2 is 2.22 bits per heavy atom. The first kappa shape index (κ1) is 13.7. The van der Waals surface area contributed by atoms with Crippen LogP contribution in [-0.4, -0.2) is 34.2 Å². The van der Waals surface area contributed by atoms with Gasteiger partial charge in [-0.1, -0.05) is 31.6 Å². The maximum atomic E-state index is 4.30. The molecule has 0 saturated carbocycles. The minimum Gasteiger partial charge on any atom is -0.360 e. The first-order chi connectivity index (χ1) is 8.83. The van der Waals surface area contributed by atoms with Crippen LogP contribution in [0.15, 0.2) is 0 Å². The summed E-state index contributed by atoms with van der Waals surface area (Å²) < 4.78 is 0. The second-order valence-electron chi connectivity index (χ2n) is 4.96. The van der Waals surface area contributed by atoms with E-state index in [2.05, 4.69) is 34.3 Å². The Morgan fingerprint density at radius 1 is 1.33 bits per heavy atom. The summed E-state index contributed by atoms with van der Waals surface area (Å²) in [4.78, 5) is 2.58. The summed E-state index contributed by atoms with van der Waals surface area (Å²) in [6.07, 6.45) is 6.43. The fourth-order valence-electron chi connectivity index (χ4n) is 2.53. The molecule has 4 nitrogen and oxygen atoms in total. The van der Waals surface area contributed by atoms with E-state index in [1.807, 2.05) is 0 Å². The quantitative estimate of drug-likeness (QED) is 0.860. The van der Waals surface area contributed by atoms with E-state index in [-0.39, 0.29) is 0 Å². The van der Waals surface area contributed by atoms with Crippen molar-refractivity contribution in [1.29, 1.82) is 0 Å². The predicted octanol–water partition coefficient (Wildman–Crippen LogP) is 3.12. The standard InChI is InChI=1S/C13H24N4S/c1-3-8-14-13-16-15-12(18-13)10-17-9-6-5-7-11(17)4-2/h11H,3-10H2,1-2H3,(H,14,16). The van der Waals surface area contributed by atoms with E-state index in [1.54, 1.807) is 11.3 Å². The third-order valence-corrected chi connectivity index (χ3v) is 4.42. The molecule has 0 aromatic carbocycles. The van der Waals surface area contributed by atoms with Crippen LogP contribution in [0.25, 0.3) is 0 Å². The van der Waals surface area contributed by atoms with Crippen molar-refractivity contribution in [2.75, 3.05) is 18.4 Å². The van der Waals surface area contributed by atoms with Crippen molar-refractivity contribution in [2.45, 2.75) is 58.5 Å². The van der Waals surface area contributed by atoms with E-state index in [4.69, 9.17) is 0 Å². The van der Waals surface area contributed by atoms with E-state index in [1.165, 1.54) is 32.2 Å². The molecule has 1 aliphatic heterocycles. The van der Waals surface area contributed by atoms with Crippen molar-refractivity contribution in [3.63, 3.8) is 0 Å². The fourth-order valence-corrected chi connectivity index (χ4v) is 3.32. The van der Waals surface area contributed by atoms with Gasteiger partial charge in [0.05, 0.1) is 6.54 Å². The third-order valence-electron chi connectivity index (χ3n) is 3.55. The molecule has 0 aliphatic carbocycles. The minimum atomic E-state index is 0.745. The highest BCUT2D eigenvalue weighted by molar-refractivity contribution is 7.15. The summed E-state index contributed by atoms with van der Waals surface area (Å²) >= 11 is 1.70. The van der Waals surface area contributed by atoms with Gasteiger partial charge in [0.15, 0.2) is 0 Å². The van der Waals surface area contributed by atoms with Gasteiger partial charge >= 0.3 is 0 Å². The Labute approximate surface area is 114 Å². The molecule has 0 spiro atoms. The first-order valence-electron chi connectivity index (χ1n) is 7.13. The van der Waals surface area contributed by atoms with Gasteiger partial charge < -0.3 is 5.32 Å². The molecule has 1 fully saturated rings. The van der Waals surface area contributed by atoms with E-state index >= 15 is 0 Å². The number of nitrogens with zero attached hydrogens (tertiary/aromatic N) is 3. The molecule has 1 aromatic rings. The Bertz CT molecular complexity index is 353. The maximum absolute atomic E-state index is 4.30. The van der Waals surface area contributed by atoms with Crippen molar-refractivity contribution in [3.05, 3.63) is 5.01 Å². The summed E-state index contributed by atoms with van der Waals surface area (Å²) in [5, 5.41) is 13.9. The molecule has 2 rings (SSSR count). The Balaban J connectivity index is 1.89. The van der Waals surface area contributed by atoms with E-state index in [0.29, 0.717) is 0 Å². The maximum Gasteiger partial charge on any atom is 0.205 e. The van der Waals surface area contributed by atoms with Crippen LogP contribution >= 0.6 is 11.3 Å². The highest BCUT2D eigenvalue weighted by Crippen LogP contribution is 2.24. The molecule has 0 amide bonds. The van der Waals surface area contributed by atoms with Crippen molar-refractivity contribution in [1.82, 2.24) is 15.1 Å². The van der Waals surface area contributed by atoms with Crippen LogP contribution in [0, 0.1) is 0 Å². The average Bonchev–Trinajstić information content (AvgIpc) is 2.84. The zero-order valence-corrected chi connectivity index (χ0v) is 12.3. The van der Waals surface area contributed by atoms with Gasteiger partial charge in [-0.3, -0.25) is 4.90 Å². The monoisotopic (exact) mass is 268 g/mol. The molecule has 0 radical (unpaired) electrons. The zero-order valence-electron chi connectivity index (χ0n) is 11.5. The molecular formula is C13H24N4S. The van der Waals surface area contributed by atoms with Crippen molar-refractivity contribution in [3.8, 4) is 0 Å². The zero-order chi connectivity index (χ0) is 12.8. The van der Waals surface area contributed by atoms with E-state index < -0.39 is 0 Å². The average molecular weight is 268 g/mol. The Morgan fingerprint density at radius 3 is 3.00 bits per heavy atom. The fraction of sp³-hybridized carbons (Fsp3) is 0.846. The molecule has 0 bridgehead atoms. The summed E-state index contributed by atoms with van der Waals surface area (Å²) in [5.41, 5.74) is 0. The second-order valence-corrected chi connectivity index (χ2v) is 6.02. The van der Waals surface area contributed by atoms with Gasteiger partial charge in [-0.25, -0.2) is 0 Å². The highest BCUT2D eigenvalue weighted by Gasteiger charge is 2.21. The van der Waals surface area contributed by atoms with Crippen LogP contribution in [0.1, 0.15) is 51.0 Å². The van der Waals surface area contributed by atoms with Crippen molar-refractivity contribution < 1.29 is 0 Å². The molecule has 5 heteroatoms. The van der Waals surface area contributed by atoms with Gasteiger partial charge in [-0.15, -0.1) is 10.2 Å². The smallest absolute Gasteiger partial charge is 0.205 e. The second kappa shape index (κ2) is 7.04. The third kappa shape index (κ3) is 3.65. The van der Waals surface area contributed by atoms with Gasteiger partial charge in [0.1, 0.15) is 5.01 Å². The number of anilines is 1. The van der Waals surface area contributed by atoms with Gasteiger partial charge in [0.25, 0.3) is 0 Å². The van der Waals surface area contributed by atoms with E-state index in [9.17, 15) is 0 Å². The normalized spacial score (nSPS) is 21.1. The van der Waals surface area contributed by atoms with Crippen LogP contribution < -0.4 is 5.32 Å². The highest BCUT2D eigenvalue weighted by atomic mass is 32.1. The molecule has 1 saturated heterocycles. The lowest BCUT2D eigenvalue weighted by molar-refractivity contribution is 0.136. The summed E-state index contributed by atoms with van der Waals surface area (Å²) in [7, 11) is 0. The molecular weight excluding hydrogens is 244 g/mol. The van der Waals surface area contributed by atoms with Crippen LogP contribution in [0.2, 0.25) is 0 Å². The lowest BCUT2D eigenvalue weighted by atomic mass is 10.0. The molecule has 1 aliphatic rings. The number of hydrogen-bond donors (Lipinski definition) is 1. The van der Waals surface area contributed by atoms with Crippen LogP contribution in [0.4, 0.5) is 5.13 Å². The summed E-state index contributed by atoms with van der Waals surface area (Å²) in [6.45, 7) is 7.63. The molecule has 1 unspecified atom stereocenters. The van der Waals surface area contributed by atoms with Crippen molar-refractivity contribution >= 4 is 16.5 Å². The molecule has 2 heterocycles. The van der Waals surface area contributed by atoms with Crippen LogP contribution in [0.5, 0.6) is 0 Å². The molecule has 102 valence electrons. The molecule has 18 heavy (non-hydrogen) atoms. The van der Waals surface area contributed by atoms with Gasteiger partial charge in [0.2, 0.25) is 5.13 Å². The van der Waals surface area contributed by atoms with Gasteiger partial charge in [-0.2, -0.15) is 0 Å². The molecule has 1 aromatic heterocycles. The number of aromatic nitrogens is 2. The minimum absolute atomic E-state index is 0.745. The molecule has 1 atom stereocenters. The summed E-state index contributed by atoms with van der Waals surface area (Å²) in [5.74, 6) is 0. The number of nitrogens with one attached hydrogen (secondary N) is 1. The SMILES string of the molecule is CCCNc1nnc(CN2CCCCC2CC)s1. The lowest BCUT2D eigenvalue weighted by Gasteiger charge is -2.34. The Hall–Kier alpha value is -0.680. The largest absolute Gasteiger partial charge is 0.360 e. The van der Waals surface area contributed by atoms with Crippen LogP contribution in [0.3, 0.4) is 0 Å². The number of piperidine rings is 1. The number of rotatable bonds is 6. The number of likely N-dealkylation sites (tertiary alicyclic amines) is 1.